The van der Waals surface area contributed by atoms with Crippen molar-refractivity contribution < 1.29 is 14.7 Å². The van der Waals surface area contributed by atoms with Gasteiger partial charge in [-0.15, -0.1) is 0 Å². The van der Waals surface area contributed by atoms with E-state index in [2.05, 4.69) is 10.6 Å². The Morgan fingerprint density at radius 3 is 1.97 bits per heavy atom. The summed E-state index contributed by atoms with van der Waals surface area (Å²) >= 11 is 0. The van der Waals surface area contributed by atoms with Crippen molar-refractivity contribution in [3.05, 3.63) is 95.6 Å². The number of rotatable bonds is 6. The lowest BCUT2D eigenvalue weighted by Gasteiger charge is -2.20. The maximum Gasteiger partial charge on any atom is 0.245 e. The molecule has 1 atom stereocenters. The molecule has 1 aliphatic rings. The van der Waals surface area contributed by atoms with Crippen LogP contribution in [0.4, 0.5) is 0 Å². The van der Waals surface area contributed by atoms with E-state index in [0.717, 1.165) is 27.8 Å². The van der Waals surface area contributed by atoms with Crippen molar-refractivity contribution in [3.63, 3.8) is 0 Å². The summed E-state index contributed by atoms with van der Waals surface area (Å²) in [5.74, 6) is -1.21. The molecule has 0 spiro atoms. The van der Waals surface area contributed by atoms with E-state index < -0.39 is 24.5 Å². The maximum atomic E-state index is 13.1. The maximum absolute atomic E-state index is 13.1. The van der Waals surface area contributed by atoms with Gasteiger partial charge in [0.15, 0.2) is 0 Å². The summed E-state index contributed by atoms with van der Waals surface area (Å²) in [6, 6.07) is 24.0. The first-order valence-corrected chi connectivity index (χ1v) is 9.60. The van der Waals surface area contributed by atoms with Gasteiger partial charge in [-0.05, 0) is 27.8 Å². The lowest BCUT2D eigenvalue weighted by molar-refractivity contribution is -0.130. The molecule has 1 aliphatic carbocycles. The van der Waals surface area contributed by atoms with Crippen molar-refractivity contribution in [1.82, 2.24) is 10.6 Å². The van der Waals surface area contributed by atoms with Gasteiger partial charge in [-0.3, -0.25) is 9.59 Å². The number of nitrogens with one attached hydrogen (secondary N) is 2. The first kappa shape index (κ1) is 18.9. The fraction of sp³-hybridized carbons (Fsp3) is 0.167. The Bertz CT molecular complexity index is 988. The second-order valence-corrected chi connectivity index (χ2v) is 7.05. The van der Waals surface area contributed by atoms with Crippen LogP contribution in [0.15, 0.2) is 78.9 Å². The van der Waals surface area contributed by atoms with E-state index in [1.807, 2.05) is 78.9 Å². The molecule has 0 aliphatic heterocycles. The van der Waals surface area contributed by atoms with Gasteiger partial charge in [0.2, 0.25) is 11.8 Å². The monoisotopic (exact) mass is 386 g/mol. The van der Waals surface area contributed by atoms with Gasteiger partial charge in [-0.25, -0.2) is 0 Å². The smallest absolute Gasteiger partial charge is 0.245 e. The van der Waals surface area contributed by atoms with Crippen LogP contribution in [-0.4, -0.2) is 29.6 Å². The van der Waals surface area contributed by atoms with Gasteiger partial charge >= 0.3 is 0 Å². The molecule has 0 heterocycles. The molecule has 3 aromatic carbocycles. The minimum absolute atomic E-state index is 0.295. The number of hydrogen-bond donors (Lipinski definition) is 3. The van der Waals surface area contributed by atoms with Crippen molar-refractivity contribution in [2.45, 2.75) is 18.5 Å². The molecule has 0 fully saturated rings. The van der Waals surface area contributed by atoms with Crippen LogP contribution in [0.3, 0.4) is 0 Å². The Balaban J connectivity index is 1.50. The Hall–Kier alpha value is -3.44. The zero-order valence-corrected chi connectivity index (χ0v) is 15.8. The van der Waals surface area contributed by atoms with Crippen LogP contribution in [0, 0.1) is 0 Å². The van der Waals surface area contributed by atoms with E-state index in [4.69, 9.17) is 0 Å². The predicted octanol–water partition coefficient (Wildman–Crippen LogP) is 2.59. The molecule has 3 aromatic rings. The molecule has 2 amide bonds. The number of fused-ring (bicyclic) bond motifs is 3. The topological polar surface area (TPSA) is 78.4 Å². The van der Waals surface area contributed by atoms with E-state index in [9.17, 15) is 14.7 Å². The third-order valence-corrected chi connectivity index (χ3v) is 5.22. The number of amides is 2. The molecule has 29 heavy (non-hydrogen) atoms. The Kier molecular flexibility index (Phi) is 5.40. The van der Waals surface area contributed by atoms with Crippen LogP contribution in [-0.2, 0) is 16.1 Å². The van der Waals surface area contributed by atoms with Gasteiger partial charge in [-0.1, -0.05) is 78.9 Å². The fourth-order valence-corrected chi connectivity index (χ4v) is 3.80. The van der Waals surface area contributed by atoms with E-state index >= 15 is 0 Å². The zero-order chi connectivity index (χ0) is 20.2. The second-order valence-electron chi connectivity index (χ2n) is 7.05. The SMILES string of the molecule is O=C(NCc1ccccc1)C(CO)NC(=O)C1c2ccccc2-c2ccccc21. The molecule has 0 saturated heterocycles. The molecule has 1 unspecified atom stereocenters. The molecule has 0 saturated carbocycles. The molecule has 4 rings (SSSR count). The summed E-state index contributed by atoms with van der Waals surface area (Å²) in [6.45, 7) is -0.135. The van der Waals surface area contributed by atoms with Crippen LogP contribution < -0.4 is 10.6 Å². The number of aliphatic hydroxyl groups excluding tert-OH is 1. The van der Waals surface area contributed by atoms with Gasteiger partial charge in [0, 0.05) is 6.54 Å². The molecule has 3 N–H and O–H groups in total. The highest BCUT2D eigenvalue weighted by molar-refractivity contribution is 5.98. The molecule has 5 heteroatoms. The summed E-state index contributed by atoms with van der Waals surface area (Å²) in [6.07, 6.45) is 0. The van der Waals surface area contributed by atoms with E-state index in [0.29, 0.717) is 6.54 Å². The fourth-order valence-electron chi connectivity index (χ4n) is 3.80. The quantitative estimate of drug-likeness (QED) is 0.609. The summed E-state index contributed by atoms with van der Waals surface area (Å²) in [5, 5.41) is 15.2. The Morgan fingerprint density at radius 1 is 0.828 bits per heavy atom. The third kappa shape index (κ3) is 3.77. The van der Waals surface area contributed by atoms with Gasteiger partial charge in [0.1, 0.15) is 6.04 Å². The molecule has 146 valence electrons. The number of benzene rings is 3. The number of carbonyl (C=O) groups excluding carboxylic acids is 2. The van der Waals surface area contributed by atoms with Crippen molar-refractivity contribution >= 4 is 11.8 Å². The summed E-state index contributed by atoms with van der Waals surface area (Å²) in [7, 11) is 0. The molecular weight excluding hydrogens is 364 g/mol. The van der Waals surface area contributed by atoms with Gasteiger partial charge in [-0.2, -0.15) is 0 Å². The first-order chi connectivity index (χ1) is 14.2. The average molecular weight is 386 g/mol. The summed E-state index contributed by atoms with van der Waals surface area (Å²) < 4.78 is 0. The largest absolute Gasteiger partial charge is 0.394 e. The highest BCUT2D eigenvalue weighted by Gasteiger charge is 2.35. The lowest BCUT2D eigenvalue weighted by Crippen LogP contribution is -2.49. The van der Waals surface area contributed by atoms with Crippen molar-refractivity contribution in [3.8, 4) is 11.1 Å². The minimum atomic E-state index is -1.01. The van der Waals surface area contributed by atoms with E-state index in [-0.39, 0.29) is 5.91 Å². The average Bonchev–Trinajstić information content (AvgIpc) is 3.11. The number of carbonyl (C=O) groups is 2. The molecule has 0 bridgehead atoms. The minimum Gasteiger partial charge on any atom is -0.394 e. The van der Waals surface area contributed by atoms with Crippen molar-refractivity contribution in [2.75, 3.05) is 6.61 Å². The van der Waals surface area contributed by atoms with Crippen molar-refractivity contribution in [1.29, 1.82) is 0 Å². The molecular formula is C24H22N2O3. The highest BCUT2D eigenvalue weighted by Crippen LogP contribution is 2.44. The second kappa shape index (κ2) is 8.29. The van der Waals surface area contributed by atoms with Crippen LogP contribution >= 0.6 is 0 Å². The standard InChI is InChI=1S/C24H22N2O3/c27-15-21(23(28)25-14-16-8-2-1-3-9-16)26-24(29)22-19-12-6-4-10-17(19)18-11-5-7-13-20(18)22/h1-13,21-22,27H,14-15H2,(H,25,28)(H,26,29). The number of hydrogen-bond acceptors (Lipinski definition) is 3. The van der Waals surface area contributed by atoms with E-state index in [1.54, 1.807) is 0 Å². The predicted molar refractivity (Wildman–Crippen MR) is 111 cm³/mol. The number of aliphatic hydroxyl groups is 1. The van der Waals surface area contributed by atoms with Crippen LogP contribution in [0.25, 0.3) is 11.1 Å². The third-order valence-electron chi connectivity index (χ3n) is 5.22. The van der Waals surface area contributed by atoms with E-state index in [1.165, 1.54) is 0 Å². The molecule has 0 aromatic heterocycles. The van der Waals surface area contributed by atoms with Crippen LogP contribution in [0.1, 0.15) is 22.6 Å². The van der Waals surface area contributed by atoms with Crippen LogP contribution in [0.5, 0.6) is 0 Å². The Morgan fingerprint density at radius 2 is 1.38 bits per heavy atom. The normalized spacial score (nSPS) is 13.3. The van der Waals surface area contributed by atoms with Crippen LogP contribution in [0.2, 0.25) is 0 Å². The van der Waals surface area contributed by atoms with Crippen molar-refractivity contribution in [2.24, 2.45) is 0 Å². The Labute approximate surface area is 169 Å². The summed E-state index contributed by atoms with van der Waals surface area (Å²) in [5.41, 5.74) is 4.82. The first-order valence-electron chi connectivity index (χ1n) is 9.60. The van der Waals surface area contributed by atoms with Gasteiger partial charge < -0.3 is 15.7 Å². The zero-order valence-electron chi connectivity index (χ0n) is 15.8. The highest BCUT2D eigenvalue weighted by atomic mass is 16.3. The molecule has 0 radical (unpaired) electrons. The van der Waals surface area contributed by atoms with Gasteiger partial charge in [0.05, 0.1) is 12.5 Å². The molecule has 5 nitrogen and oxygen atoms in total. The summed E-state index contributed by atoms with van der Waals surface area (Å²) in [4.78, 5) is 25.6. The lowest BCUT2D eigenvalue weighted by atomic mass is 9.95. The van der Waals surface area contributed by atoms with Gasteiger partial charge in [0.25, 0.3) is 0 Å².